The summed E-state index contributed by atoms with van der Waals surface area (Å²) in [6.07, 6.45) is 2.19. The molecule has 1 spiro atoms. The van der Waals surface area contributed by atoms with Crippen molar-refractivity contribution in [3.05, 3.63) is 21.9 Å². The summed E-state index contributed by atoms with van der Waals surface area (Å²) in [4.78, 5) is 14.2. The Morgan fingerprint density at radius 3 is 2.81 bits per heavy atom. The largest absolute Gasteiger partial charge is 0.321 e. The van der Waals surface area contributed by atoms with Gasteiger partial charge in [0.15, 0.2) is 0 Å². The van der Waals surface area contributed by atoms with Gasteiger partial charge in [-0.05, 0) is 48.6 Å². The van der Waals surface area contributed by atoms with Gasteiger partial charge in [-0.15, -0.1) is 0 Å². The Morgan fingerprint density at radius 2 is 2.31 bits per heavy atom. The molecule has 4 heteroatoms. The molecule has 3 rings (SSSR count). The molecule has 0 radical (unpaired) electrons. The normalized spacial score (nSPS) is 26.8. The SMILES string of the molecule is Cc1cscc1CN1C(=O)C2(CC2)NC1C. The maximum atomic E-state index is 12.2. The zero-order chi connectivity index (χ0) is 11.3. The van der Waals surface area contributed by atoms with E-state index in [9.17, 15) is 4.79 Å². The number of thiophene rings is 1. The van der Waals surface area contributed by atoms with Crippen molar-refractivity contribution >= 4 is 17.2 Å². The average molecular weight is 236 g/mol. The highest BCUT2D eigenvalue weighted by Gasteiger charge is 2.57. The van der Waals surface area contributed by atoms with E-state index >= 15 is 0 Å². The fourth-order valence-electron chi connectivity index (χ4n) is 2.41. The van der Waals surface area contributed by atoms with Gasteiger partial charge in [0.2, 0.25) is 5.91 Å². The number of hydrogen-bond donors (Lipinski definition) is 1. The molecule has 1 saturated heterocycles. The summed E-state index contributed by atoms with van der Waals surface area (Å²) in [5.74, 6) is 0.297. The minimum Gasteiger partial charge on any atom is -0.321 e. The lowest BCUT2D eigenvalue weighted by molar-refractivity contribution is -0.131. The predicted molar refractivity (Wildman–Crippen MR) is 64.2 cm³/mol. The molecule has 16 heavy (non-hydrogen) atoms. The number of amides is 1. The van der Waals surface area contributed by atoms with E-state index in [1.165, 1.54) is 11.1 Å². The lowest BCUT2D eigenvalue weighted by atomic mass is 10.2. The van der Waals surface area contributed by atoms with Gasteiger partial charge >= 0.3 is 0 Å². The molecule has 1 aromatic rings. The first-order valence-corrected chi connectivity index (χ1v) is 6.67. The second-order valence-electron chi connectivity index (χ2n) is 4.92. The molecule has 1 N–H and O–H groups in total. The van der Waals surface area contributed by atoms with Crippen molar-refractivity contribution in [1.82, 2.24) is 10.2 Å². The summed E-state index contributed by atoms with van der Waals surface area (Å²) in [6, 6.07) is 0. The van der Waals surface area contributed by atoms with Crippen LogP contribution in [0.15, 0.2) is 10.8 Å². The van der Waals surface area contributed by atoms with Crippen LogP contribution in [-0.4, -0.2) is 22.5 Å². The third-order valence-electron chi connectivity index (χ3n) is 3.68. The lowest BCUT2D eigenvalue weighted by Gasteiger charge is -2.20. The number of carbonyl (C=O) groups is 1. The van der Waals surface area contributed by atoms with Crippen molar-refractivity contribution in [3.63, 3.8) is 0 Å². The number of nitrogens with one attached hydrogen (secondary N) is 1. The summed E-state index contributed by atoms with van der Waals surface area (Å²) in [5, 5.41) is 7.70. The van der Waals surface area contributed by atoms with E-state index in [-0.39, 0.29) is 11.7 Å². The lowest BCUT2D eigenvalue weighted by Crippen LogP contribution is -2.34. The first-order chi connectivity index (χ1) is 7.62. The molecule has 1 saturated carbocycles. The Hall–Kier alpha value is -0.870. The minimum absolute atomic E-state index is 0.175. The minimum atomic E-state index is -0.177. The highest BCUT2D eigenvalue weighted by molar-refractivity contribution is 7.08. The van der Waals surface area contributed by atoms with E-state index in [2.05, 4.69) is 29.9 Å². The monoisotopic (exact) mass is 236 g/mol. The van der Waals surface area contributed by atoms with E-state index in [0.717, 1.165) is 19.4 Å². The van der Waals surface area contributed by atoms with E-state index in [1.807, 2.05) is 4.90 Å². The van der Waals surface area contributed by atoms with E-state index < -0.39 is 0 Å². The van der Waals surface area contributed by atoms with Gasteiger partial charge in [0, 0.05) is 6.54 Å². The molecule has 2 heterocycles. The van der Waals surface area contributed by atoms with Gasteiger partial charge in [-0.1, -0.05) is 0 Å². The summed E-state index contributed by atoms with van der Waals surface area (Å²) in [7, 11) is 0. The maximum Gasteiger partial charge on any atom is 0.244 e. The van der Waals surface area contributed by atoms with Crippen molar-refractivity contribution < 1.29 is 4.79 Å². The Kier molecular flexibility index (Phi) is 2.13. The third-order valence-corrected chi connectivity index (χ3v) is 4.59. The highest BCUT2D eigenvalue weighted by Crippen LogP contribution is 2.42. The van der Waals surface area contributed by atoms with Crippen LogP contribution in [0.4, 0.5) is 0 Å². The fraction of sp³-hybridized carbons (Fsp3) is 0.583. The summed E-state index contributed by atoms with van der Waals surface area (Å²) >= 11 is 1.71. The quantitative estimate of drug-likeness (QED) is 0.850. The Morgan fingerprint density at radius 1 is 1.56 bits per heavy atom. The average Bonchev–Trinajstić information content (AvgIpc) is 2.85. The molecule has 1 aliphatic heterocycles. The van der Waals surface area contributed by atoms with Crippen LogP contribution in [0.2, 0.25) is 0 Å². The van der Waals surface area contributed by atoms with Crippen LogP contribution < -0.4 is 5.32 Å². The molecule has 0 bridgehead atoms. The first kappa shape index (κ1) is 10.3. The van der Waals surface area contributed by atoms with Gasteiger partial charge in [-0.2, -0.15) is 11.3 Å². The van der Waals surface area contributed by atoms with Crippen LogP contribution >= 0.6 is 11.3 Å². The van der Waals surface area contributed by atoms with Crippen molar-refractivity contribution in [2.24, 2.45) is 0 Å². The van der Waals surface area contributed by atoms with Gasteiger partial charge in [0.25, 0.3) is 0 Å². The Bertz CT molecular complexity index is 436. The van der Waals surface area contributed by atoms with E-state index in [1.54, 1.807) is 11.3 Å². The number of aryl methyl sites for hydroxylation is 1. The predicted octanol–water partition coefficient (Wildman–Crippen LogP) is 1.87. The number of hydrogen-bond acceptors (Lipinski definition) is 3. The zero-order valence-electron chi connectivity index (χ0n) is 9.62. The standard InChI is InChI=1S/C12H16N2OS/c1-8-6-16-7-10(8)5-14-9(2)13-12(3-4-12)11(14)15/h6-7,9,13H,3-5H2,1-2H3. The highest BCUT2D eigenvalue weighted by atomic mass is 32.1. The zero-order valence-corrected chi connectivity index (χ0v) is 10.4. The van der Waals surface area contributed by atoms with Crippen molar-refractivity contribution in [3.8, 4) is 0 Å². The van der Waals surface area contributed by atoms with Crippen LogP contribution in [0, 0.1) is 6.92 Å². The number of rotatable bonds is 2. The summed E-state index contributed by atoms with van der Waals surface area (Å²) < 4.78 is 0. The second-order valence-corrected chi connectivity index (χ2v) is 5.66. The Balaban J connectivity index is 1.80. The van der Waals surface area contributed by atoms with Gasteiger partial charge in [-0.25, -0.2) is 0 Å². The number of carbonyl (C=O) groups excluding carboxylic acids is 1. The summed E-state index contributed by atoms with van der Waals surface area (Å²) in [6.45, 7) is 4.94. The van der Waals surface area contributed by atoms with Gasteiger partial charge in [-0.3, -0.25) is 10.1 Å². The first-order valence-electron chi connectivity index (χ1n) is 5.73. The van der Waals surface area contributed by atoms with Crippen molar-refractivity contribution in [2.75, 3.05) is 0 Å². The maximum absolute atomic E-state index is 12.2. The van der Waals surface area contributed by atoms with Crippen LogP contribution in [0.3, 0.4) is 0 Å². The fourth-order valence-corrected chi connectivity index (χ4v) is 3.26. The molecule has 86 valence electrons. The third kappa shape index (κ3) is 1.40. The van der Waals surface area contributed by atoms with Crippen molar-refractivity contribution in [1.29, 1.82) is 0 Å². The molecule has 1 aliphatic carbocycles. The molecule has 1 atom stereocenters. The van der Waals surface area contributed by atoms with Gasteiger partial charge in [0.05, 0.1) is 11.7 Å². The van der Waals surface area contributed by atoms with Crippen LogP contribution in [0.5, 0.6) is 0 Å². The topological polar surface area (TPSA) is 32.3 Å². The molecule has 2 aliphatic rings. The molecule has 2 fully saturated rings. The molecule has 0 aromatic carbocycles. The molecular formula is C12H16N2OS. The van der Waals surface area contributed by atoms with E-state index in [4.69, 9.17) is 0 Å². The van der Waals surface area contributed by atoms with Crippen LogP contribution in [-0.2, 0) is 11.3 Å². The summed E-state index contributed by atoms with van der Waals surface area (Å²) in [5.41, 5.74) is 2.40. The van der Waals surface area contributed by atoms with Crippen LogP contribution in [0.25, 0.3) is 0 Å². The van der Waals surface area contributed by atoms with Gasteiger partial charge in [0.1, 0.15) is 0 Å². The van der Waals surface area contributed by atoms with Crippen LogP contribution in [0.1, 0.15) is 30.9 Å². The molecule has 1 aromatic heterocycles. The van der Waals surface area contributed by atoms with Gasteiger partial charge < -0.3 is 4.90 Å². The molecule has 1 amide bonds. The second kappa shape index (κ2) is 3.31. The molecule has 3 nitrogen and oxygen atoms in total. The van der Waals surface area contributed by atoms with Crippen molar-refractivity contribution in [2.45, 2.75) is 44.9 Å². The molecular weight excluding hydrogens is 220 g/mol. The number of nitrogens with zero attached hydrogens (tertiary/aromatic N) is 1. The Labute approximate surface area is 99.5 Å². The molecule has 1 unspecified atom stereocenters. The smallest absolute Gasteiger partial charge is 0.244 e. The van der Waals surface area contributed by atoms with E-state index in [0.29, 0.717) is 5.91 Å².